The minimum atomic E-state index is -0.292. The van der Waals surface area contributed by atoms with Gasteiger partial charge in [-0.2, -0.15) is 9.78 Å². The van der Waals surface area contributed by atoms with Crippen molar-refractivity contribution in [3.05, 3.63) is 95.8 Å². The third kappa shape index (κ3) is 5.90. The van der Waals surface area contributed by atoms with Gasteiger partial charge in [-0.25, -0.2) is 9.37 Å². The maximum absolute atomic E-state index is 13.2. The summed E-state index contributed by atoms with van der Waals surface area (Å²) in [6, 6.07) is 15.3. The maximum atomic E-state index is 13.2. The lowest BCUT2D eigenvalue weighted by Crippen LogP contribution is -2.22. The number of hydrogen-bond acceptors (Lipinski definition) is 5. The van der Waals surface area contributed by atoms with Gasteiger partial charge < -0.3 is 9.47 Å². The summed E-state index contributed by atoms with van der Waals surface area (Å²) in [5.41, 5.74) is 2.00. The molecular weight excluding hydrogens is 628 g/mol. The highest BCUT2D eigenvalue weighted by atomic mass is 127. The van der Waals surface area contributed by atoms with Crippen LogP contribution in [0.5, 0.6) is 11.5 Å². The standard InChI is InChI=1S/C26H22BrFIN3O3/c1-3-4-24-31-22-10-7-18(27)13-20(22)26(33)32(24)30-14-17-11-21(29)25(23(12-17)34-2)35-15-16-5-8-19(28)9-6-16/h5-14H,3-4,15H2,1-2H3. The molecule has 0 aliphatic heterocycles. The molecule has 3 aromatic carbocycles. The molecule has 0 unspecified atom stereocenters. The molecule has 4 rings (SSSR count). The SMILES string of the molecule is CCCc1nc2ccc(Br)cc2c(=O)n1N=Cc1cc(I)c(OCc2ccc(F)cc2)c(OC)c1. The Balaban J connectivity index is 1.66. The number of nitrogens with zero attached hydrogens (tertiary/aromatic N) is 3. The number of methoxy groups -OCH3 is 1. The van der Waals surface area contributed by atoms with Crippen LogP contribution in [0.15, 0.2) is 69.0 Å². The van der Waals surface area contributed by atoms with Crippen LogP contribution in [0.2, 0.25) is 0 Å². The van der Waals surface area contributed by atoms with Crippen LogP contribution >= 0.6 is 38.5 Å². The Labute approximate surface area is 224 Å². The van der Waals surface area contributed by atoms with Crippen LogP contribution in [0, 0.1) is 9.39 Å². The van der Waals surface area contributed by atoms with Crippen molar-refractivity contribution < 1.29 is 13.9 Å². The largest absolute Gasteiger partial charge is 0.493 e. The molecule has 4 aromatic rings. The monoisotopic (exact) mass is 649 g/mol. The number of benzene rings is 3. The van der Waals surface area contributed by atoms with Crippen LogP contribution in [0.25, 0.3) is 10.9 Å². The number of aryl methyl sites for hydroxylation is 1. The summed E-state index contributed by atoms with van der Waals surface area (Å²) in [5, 5.41) is 4.98. The van der Waals surface area contributed by atoms with Gasteiger partial charge >= 0.3 is 0 Å². The second-order valence-corrected chi connectivity index (χ2v) is 9.83. The van der Waals surface area contributed by atoms with E-state index in [0.717, 1.165) is 25.6 Å². The molecule has 180 valence electrons. The molecule has 9 heteroatoms. The molecular formula is C26H22BrFIN3O3. The Bertz CT molecular complexity index is 1460. The predicted octanol–water partition coefficient (Wildman–Crippen LogP) is 6.33. The van der Waals surface area contributed by atoms with Crippen LogP contribution in [-0.2, 0) is 13.0 Å². The first kappa shape index (κ1) is 25.3. The van der Waals surface area contributed by atoms with Gasteiger partial charge in [0.1, 0.15) is 18.2 Å². The van der Waals surface area contributed by atoms with E-state index in [9.17, 15) is 9.18 Å². The van der Waals surface area contributed by atoms with Crippen molar-refractivity contribution in [2.75, 3.05) is 7.11 Å². The van der Waals surface area contributed by atoms with Gasteiger partial charge in [0.05, 0.1) is 27.8 Å². The van der Waals surface area contributed by atoms with Crippen molar-refractivity contribution in [1.29, 1.82) is 0 Å². The summed E-state index contributed by atoms with van der Waals surface area (Å²) in [4.78, 5) is 17.9. The molecule has 0 atom stereocenters. The molecule has 0 amide bonds. The van der Waals surface area contributed by atoms with E-state index in [1.165, 1.54) is 16.8 Å². The van der Waals surface area contributed by atoms with E-state index in [1.54, 1.807) is 37.6 Å². The fraction of sp³-hybridized carbons (Fsp3) is 0.192. The van der Waals surface area contributed by atoms with E-state index in [2.05, 4.69) is 48.6 Å². The van der Waals surface area contributed by atoms with Gasteiger partial charge in [0.25, 0.3) is 5.56 Å². The number of ether oxygens (including phenoxy) is 2. The minimum absolute atomic E-state index is 0.225. The highest BCUT2D eigenvalue weighted by molar-refractivity contribution is 14.1. The highest BCUT2D eigenvalue weighted by Gasteiger charge is 2.13. The van der Waals surface area contributed by atoms with Gasteiger partial charge in [-0.1, -0.05) is 35.0 Å². The summed E-state index contributed by atoms with van der Waals surface area (Å²) in [6.07, 6.45) is 3.06. The zero-order chi connectivity index (χ0) is 24.9. The Kier molecular flexibility index (Phi) is 8.17. The lowest BCUT2D eigenvalue weighted by atomic mass is 10.2. The molecule has 0 radical (unpaired) electrons. The van der Waals surface area contributed by atoms with Crippen molar-refractivity contribution in [1.82, 2.24) is 9.66 Å². The van der Waals surface area contributed by atoms with E-state index in [1.807, 2.05) is 25.1 Å². The van der Waals surface area contributed by atoms with E-state index >= 15 is 0 Å². The zero-order valence-corrected chi connectivity index (χ0v) is 22.8. The van der Waals surface area contributed by atoms with Gasteiger partial charge in [-0.3, -0.25) is 4.79 Å². The molecule has 1 heterocycles. The molecule has 0 N–H and O–H groups in total. The maximum Gasteiger partial charge on any atom is 0.282 e. The van der Waals surface area contributed by atoms with Crippen LogP contribution < -0.4 is 15.0 Å². The molecule has 6 nitrogen and oxygen atoms in total. The second kappa shape index (κ2) is 11.3. The van der Waals surface area contributed by atoms with Crippen molar-refractivity contribution in [2.45, 2.75) is 26.4 Å². The minimum Gasteiger partial charge on any atom is -0.493 e. The molecule has 0 saturated heterocycles. The number of aromatic nitrogens is 2. The summed E-state index contributed by atoms with van der Waals surface area (Å²) in [6.45, 7) is 2.30. The van der Waals surface area contributed by atoms with Crippen LogP contribution in [0.3, 0.4) is 0 Å². The quantitative estimate of drug-likeness (QED) is 0.165. The fourth-order valence-electron chi connectivity index (χ4n) is 3.51. The first-order chi connectivity index (χ1) is 16.9. The number of hydrogen-bond donors (Lipinski definition) is 0. The molecule has 0 spiro atoms. The Morgan fingerprint density at radius 3 is 2.66 bits per heavy atom. The molecule has 0 aliphatic rings. The van der Waals surface area contributed by atoms with Crippen molar-refractivity contribution in [3.8, 4) is 11.5 Å². The predicted molar refractivity (Wildman–Crippen MR) is 147 cm³/mol. The van der Waals surface area contributed by atoms with Crippen molar-refractivity contribution >= 4 is 55.6 Å². The van der Waals surface area contributed by atoms with Gasteiger partial charge in [-0.05, 0) is 82.6 Å². The van der Waals surface area contributed by atoms with Crippen LogP contribution in [0.4, 0.5) is 4.39 Å². The van der Waals surface area contributed by atoms with E-state index in [-0.39, 0.29) is 18.0 Å². The number of halogens is 3. The van der Waals surface area contributed by atoms with E-state index in [4.69, 9.17) is 9.47 Å². The second-order valence-electron chi connectivity index (χ2n) is 7.75. The Morgan fingerprint density at radius 1 is 1.17 bits per heavy atom. The van der Waals surface area contributed by atoms with E-state index in [0.29, 0.717) is 34.6 Å². The normalized spacial score (nSPS) is 11.3. The van der Waals surface area contributed by atoms with Gasteiger partial charge in [0.15, 0.2) is 11.5 Å². The Hall–Kier alpha value is -2.79. The molecule has 0 saturated carbocycles. The molecule has 35 heavy (non-hydrogen) atoms. The zero-order valence-electron chi connectivity index (χ0n) is 19.1. The molecule has 1 aromatic heterocycles. The molecule has 0 fully saturated rings. The van der Waals surface area contributed by atoms with Crippen molar-refractivity contribution in [2.24, 2.45) is 5.10 Å². The van der Waals surface area contributed by atoms with Crippen LogP contribution in [-0.4, -0.2) is 23.0 Å². The molecule has 0 aliphatic carbocycles. The fourth-order valence-corrected chi connectivity index (χ4v) is 4.66. The average molecular weight is 650 g/mol. The van der Waals surface area contributed by atoms with Crippen molar-refractivity contribution in [3.63, 3.8) is 0 Å². The third-order valence-corrected chi connectivity index (χ3v) is 6.51. The average Bonchev–Trinajstić information content (AvgIpc) is 2.84. The number of rotatable bonds is 8. The first-order valence-corrected chi connectivity index (χ1v) is 12.8. The lowest BCUT2D eigenvalue weighted by Gasteiger charge is -2.14. The summed E-state index contributed by atoms with van der Waals surface area (Å²) in [5.74, 6) is 1.42. The highest BCUT2D eigenvalue weighted by Crippen LogP contribution is 2.34. The molecule has 0 bridgehead atoms. The van der Waals surface area contributed by atoms with Crippen LogP contribution in [0.1, 0.15) is 30.3 Å². The summed E-state index contributed by atoms with van der Waals surface area (Å²) in [7, 11) is 1.56. The number of fused-ring (bicyclic) bond motifs is 1. The van der Waals surface area contributed by atoms with Gasteiger partial charge in [0.2, 0.25) is 0 Å². The summed E-state index contributed by atoms with van der Waals surface area (Å²) >= 11 is 5.59. The third-order valence-electron chi connectivity index (χ3n) is 5.22. The first-order valence-electron chi connectivity index (χ1n) is 10.9. The van der Waals surface area contributed by atoms with E-state index < -0.39 is 0 Å². The summed E-state index contributed by atoms with van der Waals surface area (Å²) < 4.78 is 27.6. The van der Waals surface area contributed by atoms with Gasteiger partial charge in [0, 0.05) is 10.9 Å². The Morgan fingerprint density at radius 2 is 1.94 bits per heavy atom. The van der Waals surface area contributed by atoms with Gasteiger partial charge in [-0.15, -0.1) is 0 Å². The smallest absolute Gasteiger partial charge is 0.282 e. The lowest BCUT2D eigenvalue weighted by molar-refractivity contribution is 0.282. The topological polar surface area (TPSA) is 65.7 Å².